The van der Waals surface area contributed by atoms with Crippen molar-refractivity contribution >= 4 is 17.9 Å². The van der Waals surface area contributed by atoms with Gasteiger partial charge in [0.15, 0.2) is 12.4 Å². The van der Waals surface area contributed by atoms with Crippen LogP contribution in [0.2, 0.25) is 0 Å². The predicted molar refractivity (Wildman–Crippen MR) is 167 cm³/mol. The van der Waals surface area contributed by atoms with Crippen LogP contribution < -0.4 is 0 Å². The second-order valence-electron chi connectivity index (χ2n) is 13.2. The Morgan fingerprint density at radius 1 is 1.04 bits per heavy atom. The maximum atomic E-state index is 12.9. The van der Waals surface area contributed by atoms with E-state index in [1.165, 1.54) is 12.1 Å². The third-order valence-electron chi connectivity index (χ3n) is 10.1. The number of ether oxygens (including phenoxy) is 5. The summed E-state index contributed by atoms with van der Waals surface area (Å²) in [5.74, 6) is -3.96. The van der Waals surface area contributed by atoms with E-state index in [-0.39, 0.29) is 42.4 Å². The topological polar surface area (TPSA) is 199 Å². The van der Waals surface area contributed by atoms with Gasteiger partial charge in [0.05, 0.1) is 18.4 Å². The van der Waals surface area contributed by atoms with E-state index in [2.05, 4.69) is 19.7 Å². The summed E-state index contributed by atoms with van der Waals surface area (Å²) in [5.41, 5.74) is 1.90. The number of fused-ring (bicyclic) bond motifs is 3. The van der Waals surface area contributed by atoms with Crippen LogP contribution in [0, 0.1) is 23.7 Å². The zero-order chi connectivity index (χ0) is 35.0. The largest absolute Gasteiger partial charge is 0.508 e. The van der Waals surface area contributed by atoms with Crippen LogP contribution >= 0.6 is 0 Å². The van der Waals surface area contributed by atoms with Gasteiger partial charge in [0.25, 0.3) is 0 Å². The summed E-state index contributed by atoms with van der Waals surface area (Å²) in [7, 11) is 0. The molecule has 4 fully saturated rings. The Morgan fingerprint density at radius 2 is 1.73 bits per heavy atom. The van der Waals surface area contributed by atoms with Crippen LogP contribution in [0.15, 0.2) is 60.7 Å². The lowest BCUT2D eigenvalue weighted by Gasteiger charge is -2.41. The number of aliphatic hydroxyl groups excluding tert-OH is 4. The number of rotatable bonds is 10. The van der Waals surface area contributed by atoms with Gasteiger partial charge in [0, 0.05) is 17.9 Å². The fraction of sp³-hybridized carbons (Fsp3) is 0.571. The molecule has 0 spiro atoms. The van der Waals surface area contributed by atoms with E-state index >= 15 is 0 Å². The molecule has 2 aliphatic carbocycles. The lowest BCUT2D eigenvalue weighted by atomic mass is 9.81. The number of carbonyl (C=O) groups is 3. The molecule has 13 heteroatoms. The van der Waals surface area contributed by atoms with Gasteiger partial charge in [-0.1, -0.05) is 57.7 Å². The molecule has 0 aromatic heterocycles. The average Bonchev–Trinajstić information content (AvgIpc) is 3.50. The molecule has 0 radical (unpaired) electrons. The summed E-state index contributed by atoms with van der Waals surface area (Å²) in [4.78, 5) is 38.1. The fourth-order valence-electron chi connectivity index (χ4n) is 7.01. The quantitative estimate of drug-likeness (QED) is 0.103. The Balaban J connectivity index is 1.27. The van der Waals surface area contributed by atoms with Crippen LogP contribution in [0.4, 0.5) is 0 Å². The molecular weight excluding hydrogens is 628 g/mol. The highest BCUT2D eigenvalue weighted by molar-refractivity contribution is 5.91. The molecule has 0 bridgehead atoms. The van der Waals surface area contributed by atoms with Crippen LogP contribution in [-0.2, 0) is 44.5 Å². The number of esters is 3. The summed E-state index contributed by atoms with van der Waals surface area (Å²) in [6.07, 6.45) is -10.5. The van der Waals surface area contributed by atoms with Crippen molar-refractivity contribution in [2.75, 3.05) is 6.61 Å². The number of hydrogen-bond acceptors (Lipinski definition) is 13. The molecule has 1 aromatic rings. The molecule has 2 heterocycles. The zero-order valence-corrected chi connectivity index (χ0v) is 27.0. The van der Waals surface area contributed by atoms with Crippen LogP contribution in [0.5, 0.6) is 5.75 Å². The second kappa shape index (κ2) is 14.5. The van der Waals surface area contributed by atoms with Crippen LogP contribution in [-0.4, -0.2) is 105 Å². The van der Waals surface area contributed by atoms with E-state index in [9.17, 15) is 39.9 Å². The molecule has 2 saturated carbocycles. The van der Waals surface area contributed by atoms with Gasteiger partial charge in [0.2, 0.25) is 0 Å². The Kier molecular flexibility index (Phi) is 10.8. The molecule has 1 aromatic carbocycles. The molecule has 48 heavy (non-hydrogen) atoms. The summed E-state index contributed by atoms with van der Waals surface area (Å²) in [6, 6.07) is 5.98. The maximum Gasteiger partial charge on any atom is 0.335 e. The Labute approximate surface area is 278 Å². The first-order valence-corrected chi connectivity index (χ1v) is 16.1. The van der Waals surface area contributed by atoms with Crippen molar-refractivity contribution in [1.82, 2.24) is 0 Å². The van der Waals surface area contributed by atoms with Crippen LogP contribution in [0.3, 0.4) is 0 Å². The van der Waals surface area contributed by atoms with E-state index in [4.69, 9.17) is 23.7 Å². The number of phenolic OH excluding ortho intramolecular Hbond substituents is 1. The molecule has 13 unspecified atom stereocenters. The molecule has 4 aliphatic rings. The smallest absolute Gasteiger partial charge is 0.335 e. The van der Waals surface area contributed by atoms with Gasteiger partial charge >= 0.3 is 17.9 Å². The first-order chi connectivity index (χ1) is 22.7. The number of carbonyl (C=O) groups excluding carboxylic acids is 3. The number of aromatic hydroxyl groups is 1. The number of phenols is 1. The minimum atomic E-state index is -1.69. The molecule has 2 saturated heterocycles. The highest BCUT2D eigenvalue weighted by Gasteiger charge is 2.58. The molecular formula is C35H44O13. The Morgan fingerprint density at radius 3 is 2.40 bits per heavy atom. The van der Waals surface area contributed by atoms with Gasteiger partial charge < -0.3 is 49.2 Å². The van der Waals surface area contributed by atoms with E-state index in [1.54, 1.807) is 19.1 Å². The van der Waals surface area contributed by atoms with Gasteiger partial charge in [-0.05, 0) is 41.5 Å². The van der Waals surface area contributed by atoms with E-state index < -0.39 is 91.5 Å². The lowest BCUT2D eigenvalue weighted by molar-refractivity contribution is -0.308. The maximum absolute atomic E-state index is 12.9. The third-order valence-corrected chi connectivity index (χ3v) is 10.1. The molecule has 5 rings (SSSR count). The van der Waals surface area contributed by atoms with Crippen molar-refractivity contribution < 1.29 is 63.6 Å². The number of hydrogen-bond donors (Lipinski definition) is 5. The van der Waals surface area contributed by atoms with E-state index in [0.717, 1.165) is 0 Å². The van der Waals surface area contributed by atoms with E-state index in [0.29, 0.717) is 23.1 Å². The van der Waals surface area contributed by atoms with Crippen molar-refractivity contribution in [2.45, 2.75) is 94.7 Å². The minimum Gasteiger partial charge on any atom is -0.508 e. The number of aliphatic hydroxyl groups is 4. The first kappa shape index (κ1) is 35.7. The van der Waals surface area contributed by atoms with E-state index in [1.807, 2.05) is 6.92 Å². The molecule has 262 valence electrons. The third kappa shape index (κ3) is 7.07. The fourth-order valence-corrected chi connectivity index (χ4v) is 7.01. The summed E-state index contributed by atoms with van der Waals surface area (Å²) >= 11 is 0. The van der Waals surface area contributed by atoms with Gasteiger partial charge in [-0.25, -0.2) is 9.59 Å². The molecule has 13 nitrogen and oxygen atoms in total. The SMILES string of the molecule is C=C1CC(OC(=O)C(O)C(C)CC)C2C(=C)C(=O)OC2C2C(=C)C(OC3OC(COC(=O)Cc4ccc(O)cc4)C(O)C(O)C3O)CC12. The summed E-state index contributed by atoms with van der Waals surface area (Å²) in [5, 5.41) is 51.9. The van der Waals surface area contributed by atoms with Crippen molar-refractivity contribution in [1.29, 1.82) is 0 Å². The zero-order valence-electron chi connectivity index (χ0n) is 27.0. The van der Waals surface area contributed by atoms with Crippen molar-refractivity contribution in [3.05, 3.63) is 66.3 Å². The van der Waals surface area contributed by atoms with Crippen LogP contribution in [0.1, 0.15) is 38.7 Å². The van der Waals surface area contributed by atoms with Crippen molar-refractivity contribution in [2.24, 2.45) is 23.7 Å². The molecule has 13 atom stereocenters. The summed E-state index contributed by atoms with van der Waals surface area (Å²) < 4.78 is 28.8. The lowest BCUT2D eigenvalue weighted by Crippen LogP contribution is -2.60. The normalized spacial score (nSPS) is 36.0. The summed E-state index contributed by atoms with van der Waals surface area (Å²) in [6.45, 7) is 15.5. The van der Waals surface area contributed by atoms with Gasteiger partial charge in [0.1, 0.15) is 49.0 Å². The number of benzene rings is 1. The monoisotopic (exact) mass is 672 g/mol. The molecule has 2 aliphatic heterocycles. The van der Waals surface area contributed by atoms with Gasteiger partial charge in [-0.3, -0.25) is 4.79 Å². The second-order valence-corrected chi connectivity index (χ2v) is 13.2. The molecule has 5 N–H and O–H groups in total. The first-order valence-electron chi connectivity index (χ1n) is 16.1. The highest BCUT2D eigenvalue weighted by Crippen LogP contribution is 2.53. The minimum absolute atomic E-state index is 0.0472. The Bertz CT molecular complexity index is 1420. The Hall–Kier alpha value is -3.59. The van der Waals surface area contributed by atoms with Crippen molar-refractivity contribution in [3.63, 3.8) is 0 Å². The standard InChI is InChI=1S/C35H44O13/c1-6-15(2)28(38)34(43)45-23-11-16(3)21-13-22(17(4)26(21)32-27(23)18(5)33(42)48-32)46-35-31(41)30(40)29(39)24(47-35)14-44-25(37)12-19-7-9-20(36)10-8-19/h7-10,15,21-24,26-32,35-36,38-41H,3-6,11-14H2,1-2H3. The highest BCUT2D eigenvalue weighted by atomic mass is 16.7. The predicted octanol–water partition coefficient (Wildman–Crippen LogP) is 1.24. The van der Waals surface area contributed by atoms with Crippen molar-refractivity contribution in [3.8, 4) is 5.75 Å². The average molecular weight is 673 g/mol. The van der Waals surface area contributed by atoms with Gasteiger partial charge in [-0.15, -0.1) is 0 Å². The van der Waals surface area contributed by atoms with Crippen LogP contribution in [0.25, 0.3) is 0 Å². The molecule has 0 amide bonds. The van der Waals surface area contributed by atoms with Gasteiger partial charge in [-0.2, -0.15) is 0 Å².